The summed E-state index contributed by atoms with van der Waals surface area (Å²) in [7, 11) is 0. The molecule has 0 bridgehead atoms. The fourth-order valence-electron chi connectivity index (χ4n) is 2.75. The molecule has 0 unspecified atom stereocenters. The first kappa shape index (κ1) is 20.7. The molecule has 0 atom stereocenters. The zero-order valence-electron chi connectivity index (χ0n) is 17.4. The van der Waals surface area contributed by atoms with Gasteiger partial charge in [-0.2, -0.15) is 5.10 Å². The van der Waals surface area contributed by atoms with Gasteiger partial charge in [-0.25, -0.2) is 4.98 Å². The fourth-order valence-corrected chi connectivity index (χ4v) is 3.63. The van der Waals surface area contributed by atoms with Crippen LogP contribution in [0.5, 0.6) is 0 Å². The summed E-state index contributed by atoms with van der Waals surface area (Å²) < 4.78 is 0. The Labute approximate surface area is 175 Å². The molecule has 0 saturated heterocycles. The van der Waals surface area contributed by atoms with Crippen LogP contribution in [0, 0.1) is 6.92 Å². The number of nitrogens with zero attached hydrogens (tertiary/aromatic N) is 2. The van der Waals surface area contributed by atoms with Crippen LogP contribution in [-0.2, 0) is 10.2 Å². The van der Waals surface area contributed by atoms with E-state index in [0.29, 0.717) is 10.1 Å². The SMILES string of the molecule is CC(=O)Nc1sc(N/N=C/c2ccc(C(C)(C)C)cc2)nc1-c1ccc(C)cc1. The topological polar surface area (TPSA) is 66.4 Å². The van der Waals surface area contributed by atoms with Crippen LogP contribution in [0.4, 0.5) is 10.1 Å². The van der Waals surface area contributed by atoms with Crippen LogP contribution >= 0.6 is 11.3 Å². The molecule has 2 N–H and O–H groups in total. The summed E-state index contributed by atoms with van der Waals surface area (Å²) >= 11 is 1.36. The van der Waals surface area contributed by atoms with E-state index >= 15 is 0 Å². The van der Waals surface area contributed by atoms with E-state index in [1.807, 2.05) is 43.3 Å². The molecule has 0 radical (unpaired) electrons. The van der Waals surface area contributed by atoms with Gasteiger partial charge in [-0.05, 0) is 23.5 Å². The van der Waals surface area contributed by atoms with Crippen molar-refractivity contribution in [1.82, 2.24) is 4.98 Å². The standard InChI is InChI=1S/C23H26N4OS/c1-15-6-10-18(11-7-15)20-21(25-16(2)28)29-22(26-20)27-24-14-17-8-12-19(13-9-17)23(3,4)5/h6-14H,1-5H3,(H,25,28)(H,26,27)/b24-14+. The lowest BCUT2D eigenvalue weighted by molar-refractivity contribution is -0.114. The monoisotopic (exact) mass is 406 g/mol. The number of carbonyl (C=O) groups excluding carboxylic acids is 1. The van der Waals surface area contributed by atoms with Gasteiger partial charge in [0.15, 0.2) is 0 Å². The quantitative estimate of drug-likeness (QED) is 0.414. The highest BCUT2D eigenvalue weighted by Gasteiger charge is 2.14. The van der Waals surface area contributed by atoms with Gasteiger partial charge < -0.3 is 5.32 Å². The molecule has 0 saturated carbocycles. The Bertz CT molecular complexity index is 1010. The summed E-state index contributed by atoms with van der Waals surface area (Å²) in [5.74, 6) is -0.129. The highest BCUT2D eigenvalue weighted by molar-refractivity contribution is 7.20. The molecule has 2 aromatic carbocycles. The third kappa shape index (κ3) is 5.51. The minimum Gasteiger partial charge on any atom is -0.316 e. The smallest absolute Gasteiger partial charge is 0.221 e. The maximum atomic E-state index is 11.6. The van der Waals surface area contributed by atoms with E-state index in [0.717, 1.165) is 16.8 Å². The van der Waals surface area contributed by atoms with E-state index in [1.165, 1.54) is 29.4 Å². The van der Waals surface area contributed by atoms with Crippen LogP contribution in [0.15, 0.2) is 53.6 Å². The van der Waals surface area contributed by atoms with Gasteiger partial charge in [0, 0.05) is 12.5 Å². The minimum absolute atomic E-state index is 0.126. The largest absolute Gasteiger partial charge is 0.316 e. The van der Waals surface area contributed by atoms with Crippen LogP contribution in [0.3, 0.4) is 0 Å². The van der Waals surface area contributed by atoms with Gasteiger partial charge in [0.05, 0.1) is 6.21 Å². The fraction of sp³-hybridized carbons (Fsp3) is 0.261. The number of hydrogen-bond acceptors (Lipinski definition) is 5. The van der Waals surface area contributed by atoms with Gasteiger partial charge in [-0.1, -0.05) is 86.2 Å². The number of amides is 1. The van der Waals surface area contributed by atoms with E-state index < -0.39 is 0 Å². The summed E-state index contributed by atoms with van der Waals surface area (Å²) in [6, 6.07) is 16.4. The maximum absolute atomic E-state index is 11.6. The van der Waals surface area contributed by atoms with Crippen LogP contribution in [0.25, 0.3) is 11.3 Å². The van der Waals surface area contributed by atoms with Crippen molar-refractivity contribution in [3.8, 4) is 11.3 Å². The summed E-state index contributed by atoms with van der Waals surface area (Å²) in [6.07, 6.45) is 1.76. The molecule has 150 valence electrons. The Morgan fingerprint density at radius 2 is 1.72 bits per heavy atom. The molecule has 6 heteroatoms. The van der Waals surface area contributed by atoms with Crippen molar-refractivity contribution in [2.75, 3.05) is 10.7 Å². The summed E-state index contributed by atoms with van der Waals surface area (Å²) in [6.45, 7) is 10.1. The lowest BCUT2D eigenvalue weighted by atomic mass is 9.87. The van der Waals surface area contributed by atoms with Crippen molar-refractivity contribution in [1.29, 1.82) is 0 Å². The van der Waals surface area contributed by atoms with Crippen LogP contribution in [0.2, 0.25) is 0 Å². The second-order valence-electron chi connectivity index (χ2n) is 7.99. The Morgan fingerprint density at radius 1 is 1.07 bits per heavy atom. The Morgan fingerprint density at radius 3 is 2.31 bits per heavy atom. The average molecular weight is 407 g/mol. The number of carbonyl (C=O) groups is 1. The second-order valence-corrected chi connectivity index (χ2v) is 8.99. The molecule has 0 fully saturated rings. The van der Waals surface area contributed by atoms with Gasteiger partial charge in [-0.3, -0.25) is 10.2 Å². The van der Waals surface area contributed by atoms with E-state index in [9.17, 15) is 4.79 Å². The number of thiazole rings is 1. The zero-order valence-corrected chi connectivity index (χ0v) is 18.2. The van der Waals surface area contributed by atoms with Crippen molar-refractivity contribution < 1.29 is 4.79 Å². The molecule has 3 aromatic rings. The van der Waals surface area contributed by atoms with Crippen molar-refractivity contribution in [2.45, 2.75) is 40.0 Å². The molecule has 0 aliphatic carbocycles. The van der Waals surface area contributed by atoms with Crippen molar-refractivity contribution in [3.63, 3.8) is 0 Å². The number of aromatic nitrogens is 1. The highest BCUT2D eigenvalue weighted by Crippen LogP contribution is 2.36. The minimum atomic E-state index is -0.129. The molecular weight excluding hydrogens is 380 g/mol. The van der Waals surface area contributed by atoms with Gasteiger partial charge in [0.1, 0.15) is 10.7 Å². The molecular formula is C23H26N4OS. The van der Waals surface area contributed by atoms with Crippen molar-refractivity contribution >= 4 is 33.6 Å². The molecule has 0 aliphatic rings. The zero-order chi connectivity index (χ0) is 21.0. The summed E-state index contributed by atoms with van der Waals surface area (Å²) in [5, 5.41) is 8.49. The second kappa shape index (κ2) is 8.57. The van der Waals surface area contributed by atoms with Crippen molar-refractivity contribution in [3.05, 3.63) is 65.2 Å². The third-order valence-electron chi connectivity index (χ3n) is 4.39. The van der Waals surface area contributed by atoms with Gasteiger partial charge in [-0.15, -0.1) is 0 Å². The number of aryl methyl sites for hydroxylation is 1. The lowest BCUT2D eigenvalue weighted by Crippen LogP contribution is -2.10. The molecule has 1 amide bonds. The van der Waals surface area contributed by atoms with Gasteiger partial charge in [0.25, 0.3) is 0 Å². The first-order valence-corrected chi connectivity index (χ1v) is 10.3. The first-order valence-electron chi connectivity index (χ1n) is 9.47. The molecule has 3 rings (SSSR count). The summed E-state index contributed by atoms with van der Waals surface area (Å²) in [5.41, 5.74) is 8.25. The number of benzene rings is 2. The lowest BCUT2D eigenvalue weighted by Gasteiger charge is -2.18. The molecule has 0 aliphatic heterocycles. The van der Waals surface area contributed by atoms with Crippen LogP contribution in [0.1, 0.15) is 44.4 Å². The predicted octanol–water partition coefficient (Wildman–Crippen LogP) is 5.82. The Kier molecular flexibility index (Phi) is 6.13. The number of hydrazone groups is 1. The maximum Gasteiger partial charge on any atom is 0.221 e. The van der Waals surface area contributed by atoms with Crippen LogP contribution < -0.4 is 10.7 Å². The number of nitrogens with one attached hydrogen (secondary N) is 2. The highest BCUT2D eigenvalue weighted by atomic mass is 32.1. The molecule has 1 heterocycles. The van der Waals surface area contributed by atoms with Gasteiger partial charge >= 0.3 is 0 Å². The number of anilines is 2. The molecule has 29 heavy (non-hydrogen) atoms. The Balaban J connectivity index is 1.77. The van der Waals surface area contributed by atoms with E-state index in [2.05, 4.69) is 53.7 Å². The third-order valence-corrected chi connectivity index (χ3v) is 5.27. The summed E-state index contributed by atoms with van der Waals surface area (Å²) in [4.78, 5) is 16.2. The van der Waals surface area contributed by atoms with Gasteiger partial charge in [0.2, 0.25) is 11.0 Å². The molecule has 0 spiro atoms. The number of rotatable bonds is 5. The van der Waals surface area contributed by atoms with E-state index in [-0.39, 0.29) is 11.3 Å². The number of hydrogen-bond donors (Lipinski definition) is 2. The predicted molar refractivity (Wildman–Crippen MR) is 123 cm³/mol. The van der Waals surface area contributed by atoms with E-state index in [4.69, 9.17) is 0 Å². The van der Waals surface area contributed by atoms with Crippen LogP contribution in [-0.4, -0.2) is 17.1 Å². The molecule has 5 nitrogen and oxygen atoms in total. The molecule has 1 aromatic heterocycles. The normalized spacial score (nSPS) is 11.6. The Hall–Kier alpha value is -2.99. The first-order chi connectivity index (χ1) is 13.7. The average Bonchev–Trinajstić information content (AvgIpc) is 3.04. The van der Waals surface area contributed by atoms with Crippen molar-refractivity contribution in [2.24, 2.45) is 5.10 Å². The van der Waals surface area contributed by atoms with E-state index in [1.54, 1.807) is 6.21 Å².